The molecule has 0 aromatic heterocycles. The van der Waals surface area contributed by atoms with Gasteiger partial charge >= 0.3 is 15.2 Å². The smallest absolute Gasteiger partial charge is 0.360 e. The van der Waals surface area contributed by atoms with Crippen LogP contribution >= 0.6 is 15.2 Å². The molecule has 0 aromatic rings. The molecule has 1 unspecified atom stereocenters. The van der Waals surface area contributed by atoms with Crippen LogP contribution in [0.25, 0.3) is 0 Å². The van der Waals surface area contributed by atoms with Gasteiger partial charge in [0.2, 0.25) is 0 Å². The molecule has 0 aliphatic carbocycles. The third kappa shape index (κ3) is 3.60. The Morgan fingerprint density at radius 1 is 1.11 bits per heavy atom. The Morgan fingerprint density at radius 2 is 1.61 bits per heavy atom. The van der Waals surface area contributed by atoms with Gasteiger partial charge in [0.05, 0.1) is 6.16 Å². The molecule has 1 aliphatic rings. The second kappa shape index (κ2) is 5.66. The predicted molar refractivity (Wildman–Crippen MR) is 62.9 cm³/mol. The summed E-state index contributed by atoms with van der Waals surface area (Å²) in [5.41, 5.74) is 0. The van der Waals surface area contributed by atoms with E-state index in [-0.39, 0.29) is 19.5 Å². The molecule has 1 saturated heterocycles. The first kappa shape index (κ1) is 16.2. The van der Waals surface area contributed by atoms with E-state index in [1.807, 2.05) is 0 Å². The molecule has 1 atom stereocenters. The first-order valence-corrected chi connectivity index (χ1v) is 8.74. The first-order chi connectivity index (χ1) is 8.12. The van der Waals surface area contributed by atoms with Gasteiger partial charge in [0.1, 0.15) is 0 Å². The normalized spacial score (nSPS) is 22.1. The summed E-state index contributed by atoms with van der Waals surface area (Å²) in [4.78, 5) is 36.8. The number of nitrogens with one attached hydrogen (secondary N) is 2. The molecule has 0 spiro atoms. The largest absolute Gasteiger partial charge is 0.396 e. The Hall–Kier alpha value is 0.180. The van der Waals surface area contributed by atoms with Crippen molar-refractivity contribution in [1.29, 1.82) is 0 Å². The molecule has 11 heteroatoms. The van der Waals surface area contributed by atoms with Crippen LogP contribution in [-0.4, -0.2) is 55.9 Å². The Bertz CT molecular complexity index is 372. The summed E-state index contributed by atoms with van der Waals surface area (Å²) >= 11 is 0. The van der Waals surface area contributed by atoms with E-state index in [0.717, 1.165) is 0 Å². The zero-order valence-corrected chi connectivity index (χ0v) is 11.3. The lowest BCUT2D eigenvalue weighted by atomic mass is 10.0. The lowest BCUT2D eigenvalue weighted by molar-refractivity contribution is 0.190. The highest BCUT2D eigenvalue weighted by atomic mass is 31.2. The van der Waals surface area contributed by atoms with E-state index < -0.39 is 39.3 Å². The van der Waals surface area contributed by atoms with Crippen molar-refractivity contribution in [2.75, 3.05) is 25.9 Å². The summed E-state index contributed by atoms with van der Waals surface area (Å²) in [6.07, 6.45) is -0.838. The van der Waals surface area contributed by atoms with E-state index in [2.05, 4.69) is 10.6 Å². The molecular formula is C7H18N2O7P2. The fourth-order valence-electron chi connectivity index (χ4n) is 2.18. The van der Waals surface area contributed by atoms with Crippen LogP contribution in [0.15, 0.2) is 0 Å². The van der Waals surface area contributed by atoms with Gasteiger partial charge in [-0.1, -0.05) is 0 Å². The molecular weight excluding hydrogens is 286 g/mol. The molecule has 18 heavy (non-hydrogen) atoms. The van der Waals surface area contributed by atoms with Crippen LogP contribution < -0.4 is 10.6 Å². The Labute approximate surface area is 104 Å². The monoisotopic (exact) mass is 304 g/mol. The summed E-state index contributed by atoms with van der Waals surface area (Å²) in [6, 6.07) is 0. The number of aliphatic hydroxyl groups excluding tert-OH is 1. The van der Waals surface area contributed by atoms with Crippen molar-refractivity contribution < 1.29 is 33.8 Å². The molecule has 108 valence electrons. The highest BCUT2D eigenvalue weighted by Gasteiger charge is 2.55. The molecule has 0 saturated carbocycles. The molecule has 1 aliphatic heterocycles. The van der Waals surface area contributed by atoms with Crippen molar-refractivity contribution in [1.82, 2.24) is 10.6 Å². The second-order valence-corrected chi connectivity index (χ2v) is 7.71. The van der Waals surface area contributed by atoms with Crippen molar-refractivity contribution in [2.24, 2.45) is 5.92 Å². The van der Waals surface area contributed by atoms with Crippen molar-refractivity contribution >= 4 is 15.2 Å². The van der Waals surface area contributed by atoms with Gasteiger partial charge in [-0.3, -0.25) is 19.8 Å². The number of hydrogen-bond donors (Lipinski definition) is 7. The zero-order valence-electron chi connectivity index (χ0n) is 9.56. The standard InChI is InChI=1S/C7H18N2O7P2/c10-4-1-6(5-17(11,12)13)7(18(14,15)16)8-2-3-9-7/h6,8-10H,1-5H2,(H2,11,12,13)(H2,14,15,16). The topological polar surface area (TPSA) is 159 Å². The average Bonchev–Trinajstić information content (AvgIpc) is 2.63. The minimum atomic E-state index is -4.69. The summed E-state index contributed by atoms with van der Waals surface area (Å²) in [7, 11) is -9.14. The summed E-state index contributed by atoms with van der Waals surface area (Å²) < 4.78 is 22.6. The lowest BCUT2D eigenvalue weighted by Gasteiger charge is -2.37. The lowest BCUT2D eigenvalue weighted by Crippen LogP contribution is -2.56. The SMILES string of the molecule is O=P(O)(O)CC(CCO)C1(P(=O)(O)O)NCCN1. The minimum absolute atomic E-state index is 0.129. The quantitative estimate of drug-likeness (QED) is 0.280. The Morgan fingerprint density at radius 3 is 1.94 bits per heavy atom. The first-order valence-electron chi connectivity index (χ1n) is 5.33. The van der Waals surface area contributed by atoms with Crippen LogP contribution in [0.1, 0.15) is 6.42 Å². The van der Waals surface area contributed by atoms with E-state index in [1.54, 1.807) is 0 Å². The molecule has 0 radical (unpaired) electrons. The van der Waals surface area contributed by atoms with E-state index in [4.69, 9.17) is 14.9 Å². The van der Waals surface area contributed by atoms with Crippen LogP contribution in [0.5, 0.6) is 0 Å². The summed E-state index contributed by atoms with van der Waals surface area (Å²) in [5, 5.41) is 12.2. The average molecular weight is 304 g/mol. The van der Waals surface area contributed by atoms with E-state index in [9.17, 15) is 18.9 Å². The van der Waals surface area contributed by atoms with Gasteiger partial charge in [-0.25, -0.2) is 0 Å². The van der Waals surface area contributed by atoms with Gasteiger partial charge in [-0.05, 0) is 6.42 Å². The highest BCUT2D eigenvalue weighted by Crippen LogP contribution is 2.55. The highest BCUT2D eigenvalue weighted by molar-refractivity contribution is 7.54. The van der Waals surface area contributed by atoms with Crippen molar-refractivity contribution in [3.63, 3.8) is 0 Å². The van der Waals surface area contributed by atoms with Crippen LogP contribution in [0.4, 0.5) is 0 Å². The maximum Gasteiger partial charge on any atom is 0.360 e. The predicted octanol–water partition coefficient (Wildman–Crippen LogP) is -1.81. The number of aliphatic hydroxyl groups is 1. The van der Waals surface area contributed by atoms with Gasteiger partial charge in [0.25, 0.3) is 0 Å². The van der Waals surface area contributed by atoms with Crippen molar-refractivity contribution in [2.45, 2.75) is 11.8 Å². The third-order valence-corrected chi connectivity index (χ3v) is 5.42. The summed E-state index contributed by atoms with van der Waals surface area (Å²) in [5.74, 6) is -1.08. The molecule has 0 aromatic carbocycles. The number of rotatable bonds is 6. The van der Waals surface area contributed by atoms with Crippen LogP contribution in [-0.2, 0) is 9.13 Å². The molecule has 7 N–H and O–H groups in total. The maximum atomic E-state index is 11.6. The minimum Gasteiger partial charge on any atom is -0.396 e. The van der Waals surface area contributed by atoms with Crippen LogP contribution in [0, 0.1) is 5.92 Å². The van der Waals surface area contributed by atoms with Gasteiger partial charge in [-0.15, -0.1) is 0 Å². The molecule has 1 heterocycles. The Kier molecular flexibility index (Phi) is 5.11. The summed E-state index contributed by atoms with van der Waals surface area (Å²) in [6.45, 7) is 0.123. The zero-order chi connectivity index (χ0) is 14.0. The van der Waals surface area contributed by atoms with Crippen molar-refractivity contribution in [3.05, 3.63) is 0 Å². The Balaban J connectivity index is 3.07. The fourth-order valence-corrected chi connectivity index (χ4v) is 4.68. The molecule has 0 amide bonds. The van der Waals surface area contributed by atoms with Gasteiger partial charge in [0.15, 0.2) is 5.40 Å². The van der Waals surface area contributed by atoms with Gasteiger partial charge in [-0.2, -0.15) is 0 Å². The third-order valence-electron chi connectivity index (χ3n) is 2.90. The van der Waals surface area contributed by atoms with Crippen LogP contribution in [0.3, 0.4) is 0 Å². The van der Waals surface area contributed by atoms with Crippen LogP contribution in [0.2, 0.25) is 0 Å². The number of hydrogen-bond acceptors (Lipinski definition) is 5. The van der Waals surface area contributed by atoms with Gasteiger partial charge in [0, 0.05) is 25.6 Å². The molecule has 1 rings (SSSR count). The molecule has 1 fully saturated rings. The van der Waals surface area contributed by atoms with Gasteiger partial charge < -0.3 is 24.7 Å². The molecule has 9 nitrogen and oxygen atoms in total. The fraction of sp³-hybridized carbons (Fsp3) is 1.00. The molecule has 0 bridgehead atoms. The second-order valence-electron chi connectivity index (χ2n) is 4.22. The van der Waals surface area contributed by atoms with E-state index in [0.29, 0.717) is 0 Å². The van der Waals surface area contributed by atoms with E-state index >= 15 is 0 Å². The maximum absolute atomic E-state index is 11.6. The van der Waals surface area contributed by atoms with Crippen molar-refractivity contribution in [3.8, 4) is 0 Å². The van der Waals surface area contributed by atoms with E-state index in [1.165, 1.54) is 0 Å².